The van der Waals surface area contributed by atoms with Gasteiger partial charge in [0.1, 0.15) is 5.75 Å². The molecule has 0 radical (unpaired) electrons. The molecule has 1 unspecified atom stereocenters. The van der Waals surface area contributed by atoms with Gasteiger partial charge < -0.3 is 23.8 Å². The number of hydrogen-bond acceptors (Lipinski definition) is 10. The first-order chi connectivity index (χ1) is 21.4. The molecular formula is C32H46N7O5P. The summed E-state index contributed by atoms with van der Waals surface area (Å²) in [4.78, 5) is 17.3. The number of amides is 1. The molecule has 1 N–H and O–H groups in total. The van der Waals surface area contributed by atoms with Crippen LogP contribution < -0.4 is 10.1 Å². The van der Waals surface area contributed by atoms with Crippen LogP contribution in [0.25, 0.3) is 11.2 Å². The molecule has 0 saturated carbocycles. The van der Waals surface area contributed by atoms with Gasteiger partial charge in [-0.05, 0) is 63.3 Å². The number of hydrogen-bond donors (Lipinski definition) is 1. The lowest BCUT2D eigenvalue weighted by molar-refractivity contribution is -0.118. The third-order valence-electron chi connectivity index (χ3n) is 7.47. The monoisotopic (exact) mass is 639 g/mol. The van der Waals surface area contributed by atoms with Crippen molar-refractivity contribution in [3.05, 3.63) is 42.1 Å². The van der Waals surface area contributed by atoms with Crippen LogP contribution in [0.3, 0.4) is 0 Å². The zero-order valence-electron chi connectivity index (χ0n) is 27.6. The van der Waals surface area contributed by atoms with E-state index < -0.39 is 14.8 Å². The van der Waals surface area contributed by atoms with E-state index in [0.29, 0.717) is 42.0 Å². The molecule has 0 spiro atoms. The summed E-state index contributed by atoms with van der Waals surface area (Å²) in [7, 11) is -1.43. The van der Waals surface area contributed by atoms with Crippen molar-refractivity contribution in [3.63, 3.8) is 0 Å². The molecule has 4 atom stereocenters. The van der Waals surface area contributed by atoms with E-state index in [4.69, 9.17) is 23.8 Å². The molecule has 12 nitrogen and oxygen atoms in total. The SMILES string of the molecule is CC[C@H]1O[C@@H](n2nnc3c(NC(=O)COc4ccc(C(C)(C)C)cc4)ccnc32)C[C@@H]1OP(OCCC#N)N(C(C)C)C(C)C. The third-order valence-corrected chi connectivity index (χ3v) is 9.63. The molecule has 0 bridgehead atoms. The molecule has 0 aliphatic carbocycles. The van der Waals surface area contributed by atoms with Crippen LogP contribution >= 0.6 is 8.53 Å². The smallest absolute Gasteiger partial charge is 0.262 e. The lowest BCUT2D eigenvalue weighted by Gasteiger charge is -2.37. The minimum atomic E-state index is -1.43. The first-order valence-corrected chi connectivity index (χ1v) is 16.7. The molecule has 4 rings (SSSR count). The summed E-state index contributed by atoms with van der Waals surface area (Å²) in [5.41, 5.74) is 2.65. The summed E-state index contributed by atoms with van der Waals surface area (Å²) < 4.78 is 28.7. The van der Waals surface area contributed by atoms with Crippen LogP contribution in [-0.4, -0.2) is 68.1 Å². The zero-order valence-corrected chi connectivity index (χ0v) is 28.5. The standard InChI is InChI=1S/C32H46N7O5P/c1-9-26-27(44-45(42-18-10-16-33)39(21(2)3)22(4)5)19-29(43-26)38-31-30(36-37-38)25(15-17-34-31)35-28(40)20-41-24-13-11-23(12-14-24)32(6,7)8/h11-15,17,21-22,26-27,29H,9-10,18-20H2,1-8H3,(H,34,35,40)/t26-,27+,29-,45?/m1/s1. The number of nitriles is 1. The van der Waals surface area contributed by atoms with Gasteiger partial charge in [0.2, 0.25) is 0 Å². The summed E-state index contributed by atoms with van der Waals surface area (Å²) in [6.45, 7) is 17.1. The van der Waals surface area contributed by atoms with Crippen LogP contribution in [0.2, 0.25) is 0 Å². The quantitative estimate of drug-likeness (QED) is 0.154. The largest absolute Gasteiger partial charge is 0.484 e. The fraction of sp³-hybridized carbons (Fsp3) is 0.594. The molecule has 45 heavy (non-hydrogen) atoms. The Bertz CT molecular complexity index is 1440. The summed E-state index contributed by atoms with van der Waals surface area (Å²) in [5.74, 6) is 0.298. The van der Waals surface area contributed by atoms with Gasteiger partial charge in [-0.15, -0.1) is 5.10 Å². The Morgan fingerprint density at radius 1 is 1.20 bits per heavy atom. The van der Waals surface area contributed by atoms with Crippen LogP contribution in [0, 0.1) is 11.3 Å². The molecular weight excluding hydrogens is 593 g/mol. The average Bonchev–Trinajstić information content (AvgIpc) is 3.60. The molecule has 1 fully saturated rings. The van der Waals surface area contributed by atoms with E-state index in [2.05, 4.69) is 86.7 Å². The Morgan fingerprint density at radius 2 is 1.91 bits per heavy atom. The molecule has 3 heterocycles. The second-order valence-electron chi connectivity index (χ2n) is 12.6. The van der Waals surface area contributed by atoms with Crippen LogP contribution in [0.4, 0.5) is 5.69 Å². The van der Waals surface area contributed by atoms with Gasteiger partial charge in [0, 0.05) is 24.7 Å². The van der Waals surface area contributed by atoms with Gasteiger partial charge >= 0.3 is 0 Å². The lowest BCUT2D eigenvalue weighted by atomic mass is 9.87. The summed E-state index contributed by atoms with van der Waals surface area (Å²) in [6, 6.07) is 12.0. The predicted octanol–water partition coefficient (Wildman–Crippen LogP) is 6.50. The molecule has 3 aromatic rings. The topological polar surface area (TPSA) is 137 Å². The van der Waals surface area contributed by atoms with E-state index in [-0.39, 0.29) is 42.2 Å². The highest BCUT2D eigenvalue weighted by Crippen LogP contribution is 2.50. The van der Waals surface area contributed by atoms with Gasteiger partial charge in [-0.3, -0.25) is 4.79 Å². The molecule has 1 saturated heterocycles. The summed E-state index contributed by atoms with van der Waals surface area (Å²) >= 11 is 0. The lowest BCUT2D eigenvalue weighted by Crippen LogP contribution is -2.35. The molecule has 13 heteroatoms. The van der Waals surface area contributed by atoms with Gasteiger partial charge in [-0.25, -0.2) is 9.65 Å². The second-order valence-corrected chi connectivity index (χ2v) is 14.0. The zero-order chi connectivity index (χ0) is 32.7. The van der Waals surface area contributed by atoms with Crippen molar-refractivity contribution >= 4 is 31.3 Å². The van der Waals surface area contributed by atoms with Crippen molar-refractivity contribution in [3.8, 4) is 11.8 Å². The van der Waals surface area contributed by atoms with E-state index in [1.54, 1.807) is 16.9 Å². The number of nitrogens with zero attached hydrogens (tertiary/aromatic N) is 6. The van der Waals surface area contributed by atoms with E-state index in [0.717, 1.165) is 6.42 Å². The molecule has 2 aromatic heterocycles. The second kappa shape index (κ2) is 15.4. The Labute approximate surface area is 267 Å². The van der Waals surface area contributed by atoms with Crippen molar-refractivity contribution in [2.24, 2.45) is 0 Å². The minimum Gasteiger partial charge on any atom is -0.484 e. The summed E-state index contributed by atoms with van der Waals surface area (Å²) in [5, 5.41) is 20.6. The highest BCUT2D eigenvalue weighted by molar-refractivity contribution is 7.44. The molecule has 244 valence electrons. The molecule has 1 amide bonds. The van der Waals surface area contributed by atoms with Crippen molar-refractivity contribution in [1.82, 2.24) is 24.6 Å². The fourth-order valence-corrected chi connectivity index (χ4v) is 7.02. The number of benzene rings is 1. The van der Waals surface area contributed by atoms with E-state index in [9.17, 15) is 4.79 Å². The molecule has 1 aromatic carbocycles. The van der Waals surface area contributed by atoms with Crippen molar-refractivity contribution < 1.29 is 23.3 Å². The maximum atomic E-state index is 12.8. The highest BCUT2D eigenvalue weighted by Gasteiger charge is 2.41. The third kappa shape index (κ3) is 8.75. The number of pyridine rings is 1. The van der Waals surface area contributed by atoms with Crippen molar-refractivity contribution in [2.45, 2.75) is 111 Å². The Kier molecular flexibility index (Phi) is 11.9. The van der Waals surface area contributed by atoms with Crippen molar-refractivity contribution in [1.29, 1.82) is 5.26 Å². The van der Waals surface area contributed by atoms with Gasteiger partial charge in [-0.1, -0.05) is 45.0 Å². The number of nitrogens with one attached hydrogen (secondary N) is 1. The van der Waals surface area contributed by atoms with Gasteiger partial charge in [0.15, 0.2) is 24.0 Å². The maximum Gasteiger partial charge on any atom is 0.262 e. The van der Waals surface area contributed by atoms with Gasteiger partial charge in [0.05, 0.1) is 37.0 Å². The number of carbonyl (C=O) groups is 1. The number of carbonyl (C=O) groups excluding carboxylic acids is 1. The number of anilines is 1. The van der Waals surface area contributed by atoms with Crippen LogP contribution in [-0.2, 0) is 24.0 Å². The Morgan fingerprint density at radius 3 is 2.53 bits per heavy atom. The van der Waals surface area contributed by atoms with Crippen molar-refractivity contribution in [2.75, 3.05) is 18.5 Å². The van der Waals surface area contributed by atoms with E-state index >= 15 is 0 Å². The first-order valence-electron chi connectivity index (χ1n) is 15.6. The number of fused-ring (bicyclic) bond motifs is 1. The van der Waals surface area contributed by atoms with E-state index in [1.807, 2.05) is 24.3 Å². The fourth-order valence-electron chi connectivity index (χ4n) is 5.26. The van der Waals surface area contributed by atoms with E-state index in [1.165, 1.54) is 5.56 Å². The number of ether oxygens (including phenoxy) is 2. The first kappa shape index (κ1) is 34.7. The van der Waals surface area contributed by atoms with Crippen LogP contribution in [0.5, 0.6) is 5.75 Å². The normalized spacial score (nSPS) is 19.4. The number of rotatable bonds is 14. The maximum absolute atomic E-state index is 12.8. The van der Waals surface area contributed by atoms with Gasteiger partial charge in [0.25, 0.3) is 14.4 Å². The number of aromatic nitrogens is 4. The Balaban J connectivity index is 1.45. The van der Waals surface area contributed by atoms with Gasteiger partial charge in [-0.2, -0.15) is 9.94 Å². The minimum absolute atomic E-state index is 0.0356. The summed E-state index contributed by atoms with van der Waals surface area (Å²) in [6.07, 6.45) is 2.22. The Hall–Kier alpha value is -3.20. The predicted molar refractivity (Wildman–Crippen MR) is 173 cm³/mol. The molecule has 1 aliphatic heterocycles. The van der Waals surface area contributed by atoms with Crippen LogP contribution in [0.1, 0.15) is 86.4 Å². The van der Waals surface area contributed by atoms with Crippen LogP contribution in [0.15, 0.2) is 36.5 Å². The molecule has 1 aliphatic rings. The average molecular weight is 640 g/mol. The highest BCUT2D eigenvalue weighted by atomic mass is 31.2.